The van der Waals surface area contributed by atoms with Gasteiger partial charge in [0.15, 0.2) is 0 Å². The van der Waals surface area contributed by atoms with Gasteiger partial charge >= 0.3 is 12.4 Å². The van der Waals surface area contributed by atoms with Crippen molar-refractivity contribution in [3.63, 3.8) is 0 Å². The fourth-order valence-electron chi connectivity index (χ4n) is 3.89. The molecule has 4 nitrogen and oxygen atoms in total. The summed E-state index contributed by atoms with van der Waals surface area (Å²) >= 11 is 0. The van der Waals surface area contributed by atoms with Gasteiger partial charge in [0, 0.05) is 39.3 Å². The van der Waals surface area contributed by atoms with E-state index in [4.69, 9.17) is 0 Å². The molecule has 4 heteroatoms. The van der Waals surface area contributed by atoms with E-state index in [2.05, 4.69) is 19.1 Å². The first-order valence-electron chi connectivity index (χ1n) is 8.30. The highest BCUT2D eigenvalue weighted by molar-refractivity contribution is 5.75. The molecule has 0 aromatic heterocycles. The Morgan fingerprint density at radius 2 is 1.82 bits per heavy atom. The summed E-state index contributed by atoms with van der Waals surface area (Å²) in [4.78, 5) is 26.9. The van der Waals surface area contributed by atoms with E-state index in [1.54, 1.807) is 4.90 Å². The molecule has 1 fully saturated rings. The number of benzene rings is 1. The molecular formula is C18H25N2O2+. The van der Waals surface area contributed by atoms with Crippen molar-refractivity contribution in [3.05, 3.63) is 35.4 Å². The highest BCUT2D eigenvalue weighted by atomic mass is 16.2. The lowest BCUT2D eigenvalue weighted by molar-refractivity contribution is -0.806. The number of carbonyl (C=O) groups is 2. The summed E-state index contributed by atoms with van der Waals surface area (Å²) in [7, 11) is 1.83. The van der Waals surface area contributed by atoms with Gasteiger partial charge in [-0.05, 0) is 17.5 Å². The smallest absolute Gasteiger partial charge is 0.295 e. The van der Waals surface area contributed by atoms with Crippen molar-refractivity contribution < 1.29 is 14.1 Å². The van der Waals surface area contributed by atoms with Crippen LogP contribution in [-0.4, -0.2) is 47.5 Å². The maximum atomic E-state index is 13.1. The number of amides is 3. The zero-order valence-electron chi connectivity index (χ0n) is 13.5. The van der Waals surface area contributed by atoms with E-state index in [0.29, 0.717) is 6.54 Å². The lowest BCUT2D eigenvalue weighted by Crippen LogP contribution is -2.64. The number of rotatable bonds is 5. The van der Waals surface area contributed by atoms with E-state index in [1.807, 2.05) is 19.2 Å². The van der Waals surface area contributed by atoms with Gasteiger partial charge in [-0.15, -0.1) is 0 Å². The monoisotopic (exact) mass is 301 g/mol. The number of hydrogen-bond acceptors (Lipinski definition) is 2. The molecule has 0 radical (unpaired) electrons. The molecule has 1 aromatic carbocycles. The van der Waals surface area contributed by atoms with E-state index in [9.17, 15) is 9.59 Å². The lowest BCUT2D eigenvalue weighted by atomic mass is 10.1. The van der Waals surface area contributed by atoms with Crippen LogP contribution in [-0.2, 0) is 17.6 Å². The van der Waals surface area contributed by atoms with Crippen molar-refractivity contribution >= 4 is 12.4 Å². The molecule has 1 unspecified atom stereocenters. The largest absolute Gasteiger partial charge is 0.426 e. The Kier molecular flexibility index (Phi) is 4.04. The summed E-state index contributed by atoms with van der Waals surface area (Å²) in [6, 6.07) is 8.57. The van der Waals surface area contributed by atoms with Crippen molar-refractivity contribution in [2.24, 2.45) is 0 Å². The number of hydrogen-bond donors (Lipinski definition) is 0. The summed E-state index contributed by atoms with van der Waals surface area (Å²) in [5.41, 5.74) is 2.59. The quantitative estimate of drug-likeness (QED) is 0.619. The van der Waals surface area contributed by atoms with Gasteiger partial charge in [-0.3, -0.25) is 4.90 Å². The van der Waals surface area contributed by atoms with Crippen LogP contribution in [0.3, 0.4) is 0 Å². The molecule has 22 heavy (non-hydrogen) atoms. The van der Waals surface area contributed by atoms with E-state index in [1.165, 1.54) is 11.1 Å². The second-order valence-electron chi connectivity index (χ2n) is 6.71. The first-order valence-corrected chi connectivity index (χ1v) is 8.30. The molecule has 118 valence electrons. The normalized spacial score (nSPS) is 20.3. The van der Waals surface area contributed by atoms with Crippen LogP contribution in [0, 0.1) is 0 Å². The highest BCUT2D eigenvalue weighted by Gasteiger charge is 2.58. The van der Waals surface area contributed by atoms with Crippen LogP contribution in [0.5, 0.6) is 0 Å². The van der Waals surface area contributed by atoms with Gasteiger partial charge in [0.2, 0.25) is 0 Å². The van der Waals surface area contributed by atoms with Crippen LogP contribution in [0.2, 0.25) is 0 Å². The van der Waals surface area contributed by atoms with Gasteiger partial charge in [-0.25, -0.2) is 9.59 Å². The standard InChI is InChI=1S/C18H25N2O2/c1-3-10-19(2)18(22)20(13-21,16-8-9-16)17-11-14-6-4-5-7-15(14)12-17/h4-7,13,16-17H,3,8-12H2,1-2H3/q+1. The zero-order chi connectivity index (χ0) is 15.7. The first kappa shape index (κ1) is 15.2. The number of nitrogens with zero attached hydrogens (tertiary/aromatic N) is 2. The van der Waals surface area contributed by atoms with Crippen molar-refractivity contribution in [3.8, 4) is 0 Å². The van der Waals surface area contributed by atoms with E-state index >= 15 is 0 Å². The van der Waals surface area contributed by atoms with Gasteiger partial charge in [0.25, 0.3) is 0 Å². The Morgan fingerprint density at radius 1 is 1.23 bits per heavy atom. The van der Waals surface area contributed by atoms with Gasteiger partial charge in [0.05, 0.1) is 0 Å². The molecule has 0 heterocycles. The summed E-state index contributed by atoms with van der Waals surface area (Å²) in [5, 5.41) is 0. The average Bonchev–Trinajstić information content (AvgIpc) is 3.27. The molecule has 0 saturated heterocycles. The highest BCUT2D eigenvalue weighted by Crippen LogP contribution is 2.40. The predicted molar refractivity (Wildman–Crippen MR) is 85.3 cm³/mol. The second kappa shape index (κ2) is 5.84. The van der Waals surface area contributed by atoms with Crippen molar-refractivity contribution in [2.75, 3.05) is 13.6 Å². The maximum Gasteiger partial charge on any atom is 0.426 e. The summed E-state index contributed by atoms with van der Waals surface area (Å²) in [6.07, 6.45) is 5.47. The van der Waals surface area contributed by atoms with Gasteiger partial charge in [-0.2, -0.15) is 4.48 Å². The molecule has 1 atom stereocenters. The van der Waals surface area contributed by atoms with Crippen molar-refractivity contribution in [1.29, 1.82) is 0 Å². The second-order valence-corrected chi connectivity index (χ2v) is 6.71. The van der Waals surface area contributed by atoms with E-state index in [-0.39, 0.29) is 22.6 Å². The third-order valence-corrected chi connectivity index (χ3v) is 5.18. The fourth-order valence-corrected chi connectivity index (χ4v) is 3.89. The summed E-state index contributed by atoms with van der Waals surface area (Å²) < 4.78 is 0.00514. The molecule has 0 bridgehead atoms. The minimum Gasteiger partial charge on any atom is -0.295 e. The molecule has 2 aliphatic carbocycles. The molecule has 1 saturated carbocycles. The molecule has 2 aliphatic rings. The topological polar surface area (TPSA) is 37.4 Å². The number of carbonyl (C=O) groups excluding carboxylic acids is 2. The minimum absolute atomic E-state index is 0.00514. The Balaban J connectivity index is 1.91. The van der Waals surface area contributed by atoms with E-state index < -0.39 is 0 Å². The number of urea groups is 1. The van der Waals surface area contributed by atoms with E-state index in [0.717, 1.165) is 38.5 Å². The summed E-state index contributed by atoms with van der Waals surface area (Å²) in [5.74, 6) is 0. The Hall–Kier alpha value is -1.68. The average molecular weight is 301 g/mol. The van der Waals surface area contributed by atoms with Crippen LogP contribution in [0.1, 0.15) is 37.3 Å². The molecule has 3 amide bonds. The third-order valence-electron chi connectivity index (χ3n) is 5.18. The lowest BCUT2D eigenvalue weighted by Gasteiger charge is -2.37. The Bertz CT molecular complexity index is 557. The molecular weight excluding hydrogens is 276 g/mol. The Morgan fingerprint density at radius 3 is 2.27 bits per heavy atom. The van der Waals surface area contributed by atoms with Crippen LogP contribution in [0.25, 0.3) is 0 Å². The van der Waals surface area contributed by atoms with Crippen LogP contribution in [0.15, 0.2) is 24.3 Å². The fraction of sp³-hybridized carbons (Fsp3) is 0.556. The molecule has 0 aliphatic heterocycles. The summed E-state index contributed by atoms with van der Waals surface area (Å²) in [6.45, 7) is 2.76. The van der Waals surface area contributed by atoms with Gasteiger partial charge in [-0.1, -0.05) is 31.2 Å². The molecule has 0 spiro atoms. The van der Waals surface area contributed by atoms with Crippen molar-refractivity contribution in [1.82, 2.24) is 4.90 Å². The molecule has 3 rings (SSSR count). The van der Waals surface area contributed by atoms with Gasteiger partial charge < -0.3 is 0 Å². The van der Waals surface area contributed by atoms with Crippen LogP contribution < -0.4 is 0 Å². The zero-order valence-corrected chi connectivity index (χ0v) is 13.5. The SMILES string of the molecule is CCCN(C)C(=O)[N+](C=O)(C1CC1)C1Cc2ccccc2C1. The minimum atomic E-state index is -0.0165. The Labute approximate surface area is 132 Å². The predicted octanol–water partition coefficient (Wildman–Crippen LogP) is 2.75. The third kappa shape index (κ3) is 2.35. The number of quaternary nitrogens is 1. The van der Waals surface area contributed by atoms with Crippen molar-refractivity contribution in [2.45, 2.75) is 51.1 Å². The maximum absolute atomic E-state index is 13.1. The van der Waals surface area contributed by atoms with Gasteiger partial charge in [0.1, 0.15) is 12.1 Å². The first-order chi connectivity index (χ1) is 10.6. The number of imide groups is 1. The number of fused-ring (bicyclic) bond motifs is 1. The molecule has 0 N–H and O–H groups in total. The molecule has 1 aromatic rings. The van der Waals surface area contributed by atoms with Crippen LogP contribution >= 0.6 is 0 Å². The van der Waals surface area contributed by atoms with Crippen LogP contribution in [0.4, 0.5) is 4.79 Å².